The molecule has 0 radical (unpaired) electrons. The molecule has 0 bridgehead atoms. The monoisotopic (exact) mass is 261 g/mol. The van der Waals surface area contributed by atoms with Crippen molar-refractivity contribution in [1.82, 2.24) is 0 Å². The topological polar surface area (TPSA) is 0 Å². The first kappa shape index (κ1) is 15.1. The molecule has 0 aliphatic carbocycles. The summed E-state index contributed by atoms with van der Waals surface area (Å²) in [5.41, 5.74) is 0. The van der Waals surface area contributed by atoms with Gasteiger partial charge in [0.2, 0.25) is 0 Å². The van der Waals surface area contributed by atoms with Gasteiger partial charge in [-0.15, -0.1) is 0 Å². The normalized spacial score (nSPS) is 13.8. The van der Waals surface area contributed by atoms with Gasteiger partial charge >= 0.3 is 0 Å². The predicted octanol–water partition coefficient (Wildman–Crippen LogP) is 5.27. The minimum atomic E-state index is 0.584. The van der Waals surface area contributed by atoms with Crippen LogP contribution in [0.2, 0.25) is 0 Å². The highest BCUT2D eigenvalue weighted by atomic mass is 32.2. The number of hydrogen-bond donors (Lipinski definition) is 0. The smallest absolute Gasteiger partial charge is 0.0683 e. The Kier molecular flexibility index (Phi) is 6.89. The van der Waals surface area contributed by atoms with Gasteiger partial charge in [-0.25, -0.2) is 0 Å². The lowest BCUT2D eigenvalue weighted by Gasteiger charge is -2.15. The van der Waals surface area contributed by atoms with Gasteiger partial charge in [0.25, 0.3) is 0 Å². The Morgan fingerprint density at radius 2 is 1.39 bits per heavy atom. The van der Waals surface area contributed by atoms with Gasteiger partial charge in [0.05, 0.1) is 0 Å². The van der Waals surface area contributed by atoms with Crippen molar-refractivity contribution in [2.24, 2.45) is 0 Å². The van der Waals surface area contributed by atoms with Crippen LogP contribution in [0, 0.1) is 0 Å². The molecule has 0 atom stereocenters. The van der Waals surface area contributed by atoms with Gasteiger partial charge < -0.3 is 0 Å². The van der Waals surface area contributed by atoms with E-state index in [1.54, 1.807) is 4.90 Å². The molecule has 18 heavy (non-hydrogen) atoms. The molecule has 1 heterocycles. The second-order valence-electron chi connectivity index (χ2n) is 3.76. The number of benzene rings is 2. The van der Waals surface area contributed by atoms with Crippen molar-refractivity contribution in [3.63, 3.8) is 0 Å². The number of rotatable bonds is 1. The van der Waals surface area contributed by atoms with Crippen LogP contribution in [0.5, 0.6) is 0 Å². The van der Waals surface area contributed by atoms with Crippen molar-refractivity contribution in [3.8, 4) is 0 Å². The van der Waals surface area contributed by atoms with Crippen molar-refractivity contribution in [2.75, 3.05) is 11.5 Å². The van der Waals surface area contributed by atoms with Gasteiger partial charge in [0.1, 0.15) is 11.5 Å². The first-order valence-corrected chi connectivity index (χ1v) is 8.66. The summed E-state index contributed by atoms with van der Waals surface area (Å²) in [6.07, 6.45) is 1.43. The minimum absolute atomic E-state index is 0.584. The Morgan fingerprint density at radius 3 is 1.94 bits per heavy atom. The van der Waals surface area contributed by atoms with Crippen molar-refractivity contribution < 1.29 is 0 Å². The van der Waals surface area contributed by atoms with Crippen molar-refractivity contribution in [1.29, 1.82) is 0 Å². The van der Waals surface area contributed by atoms with E-state index in [4.69, 9.17) is 0 Å². The summed E-state index contributed by atoms with van der Waals surface area (Å²) in [4.78, 5) is 1.56. The van der Waals surface area contributed by atoms with Gasteiger partial charge in [0.15, 0.2) is 4.90 Å². The standard InChI is InChI=1S/C13H13S.2C2H6/c1-2-5-12-10-13(14-8-3-9-14)7-6-11(12)4-1;2*1-2/h1-2,4-7,10H,3,8-9H2;2*1-2H3/q+1;;. The lowest BCUT2D eigenvalue weighted by molar-refractivity contribution is 1.03. The van der Waals surface area contributed by atoms with Crippen LogP contribution in [0.1, 0.15) is 34.1 Å². The van der Waals surface area contributed by atoms with Crippen LogP contribution < -0.4 is 0 Å². The minimum Gasteiger partial charge on any atom is -0.0683 e. The summed E-state index contributed by atoms with van der Waals surface area (Å²) in [5.74, 6) is 2.83. The summed E-state index contributed by atoms with van der Waals surface area (Å²) in [7, 11) is 0.584. The van der Waals surface area contributed by atoms with E-state index in [0.29, 0.717) is 10.9 Å². The average Bonchev–Trinajstić information content (AvgIpc) is 2.41. The van der Waals surface area contributed by atoms with Crippen LogP contribution in [0.25, 0.3) is 10.8 Å². The molecule has 1 saturated heterocycles. The third kappa shape index (κ3) is 3.52. The first-order valence-electron chi connectivity index (χ1n) is 7.10. The zero-order chi connectivity index (χ0) is 13.4. The molecule has 0 aromatic heterocycles. The highest BCUT2D eigenvalue weighted by Gasteiger charge is 2.30. The van der Waals surface area contributed by atoms with Crippen molar-refractivity contribution in [3.05, 3.63) is 42.5 Å². The van der Waals surface area contributed by atoms with Gasteiger partial charge in [-0.2, -0.15) is 0 Å². The highest BCUT2D eigenvalue weighted by Crippen LogP contribution is 2.26. The molecule has 2 aromatic rings. The molecular formula is C17H25S+. The summed E-state index contributed by atoms with van der Waals surface area (Å²) in [5, 5.41) is 2.75. The van der Waals surface area contributed by atoms with Crippen LogP contribution in [-0.4, -0.2) is 11.5 Å². The molecule has 1 aliphatic heterocycles. The van der Waals surface area contributed by atoms with E-state index in [2.05, 4.69) is 42.5 Å². The zero-order valence-corrected chi connectivity index (χ0v) is 12.9. The summed E-state index contributed by atoms with van der Waals surface area (Å²) in [6.45, 7) is 8.00. The molecular weight excluding hydrogens is 236 g/mol. The second-order valence-corrected chi connectivity index (χ2v) is 6.04. The molecule has 0 spiro atoms. The van der Waals surface area contributed by atoms with E-state index < -0.39 is 0 Å². The maximum Gasteiger partial charge on any atom is 0.155 e. The quantitative estimate of drug-likeness (QED) is 0.613. The van der Waals surface area contributed by atoms with Crippen LogP contribution in [0.15, 0.2) is 47.4 Å². The van der Waals surface area contributed by atoms with E-state index in [0.717, 1.165) is 0 Å². The molecule has 0 unspecified atom stereocenters. The average molecular weight is 261 g/mol. The molecule has 3 rings (SSSR count). The van der Waals surface area contributed by atoms with E-state index in [1.165, 1.54) is 28.7 Å². The lowest BCUT2D eigenvalue weighted by Crippen LogP contribution is -2.24. The maximum atomic E-state index is 2.37. The lowest BCUT2D eigenvalue weighted by atomic mass is 10.1. The second kappa shape index (κ2) is 8.20. The Balaban J connectivity index is 0.000000371. The Labute approximate surface area is 115 Å². The fourth-order valence-electron chi connectivity index (χ4n) is 1.87. The van der Waals surface area contributed by atoms with E-state index in [-0.39, 0.29) is 0 Å². The number of fused-ring (bicyclic) bond motifs is 1. The van der Waals surface area contributed by atoms with E-state index in [9.17, 15) is 0 Å². The van der Waals surface area contributed by atoms with Crippen molar-refractivity contribution >= 4 is 21.7 Å². The number of hydrogen-bond acceptors (Lipinski definition) is 0. The zero-order valence-electron chi connectivity index (χ0n) is 12.1. The van der Waals surface area contributed by atoms with Gasteiger partial charge in [-0.1, -0.05) is 52.0 Å². The fraction of sp³-hybridized carbons (Fsp3) is 0.412. The maximum absolute atomic E-state index is 2.37. The van der Waals surface area contributed by atoms with Gasteiger partial charge in [0, 0.05) is 23.4 Å². The molecule has 0 nitrogen and oxygen atoms in total. The van der Waals surface area contributed by atoms with Crippen LogP contribution in [0.3, 0.4) is 0 Å². The predicted molar refractivity (Wildman–Crippen MR) is 86.6 cm³/mol. The van der Waals surface area contributed by atoms with Gasteiger partial charge in [-0.05, 0) is 22.9 Å². The molecule has 0 N–H and O–H groups in total. The summed E-state index contributed by atoms with van der Waals surface area (Å²) < 4.78 is 0. The van der Waals surface area contributed by atoms with E-state index in [1.807, 2.05) is 27.7 Å². The Hall–Kier alpha value is -0.950. The van der Waals surface area contributed by atoms with Crippen LogP contribution in [-0.2, 0) is 10.9 Å². The first-order chi connectivity index (χ1) is 8.93. The largest absolute Gasteiger partial charge is 0.155 e. The molecule has 1 aliphatic rings. The van der Waals surface area contributed by atoms with E-state index >= 15 is 0 Å². The van der Waals surface area contributed by atoms with Crippen LogP contribution in [0.4, 0.5) is 0 Å². The van der Waals surface area contributed by atoms with Crippen molar-refractivity contribution in [2.45, 2.75) is 39.0 Å². The molecule has 2 aromatic carbocycles. The van der Waals surface area contributed by atoms with Gasteiger partial charge in [-0.3, -0.25) is 0 Å². The molecule has 1 fully saturated rings. The third-order valence-electron chi connectivity index (χ3n) is 2.84. The molecule has 0 saturated carbocycles. The molecule has 0 amide bonds. The molecule has 98 valence electrons. The van der Waals surface area contributed by atoms with Crippen LogP contribution >= 0.6 is 0 Å². The third-order valence-corrected chi connectivity index (χ3v) is 5.32. The Morgan fingerprint density at radius 1 is 0.778 bits per heavy atom. The summed E-state index contributed by atoms with van der Waals surface area (Å²) >= 11 is 0. The Bertz CT molecular complexity index is 458. The highest BCUT2D eigenvalue weighted by molar-refractivity contribution is 7.98. The fourth-order valence-corrected chi connectivity index (χ4v) is 3.47. The molecule has 1 heteroatoms. The SMILES string of the molecule is CC.CC.c1ccc2cc([S+]3CCC3)ccc2c1. The summed E-state index contributed by atoms with van der Waals surface area (Å²) in [6, 6.07) is 15.6.